The number of benzene rings is 1. The molecule has 0 aliphatic carbocycles. The Morgan fingerprint density at radius 1 is 1.31 bits per heavy atom. The topological polar surface area (TPSA) is 50.4 Å². The summed E-state index contributed by atoms with van der Waals surface area (Å²) in [5, 5.41) is 5.69. The Kier molecular flexibility index (Phi) is 4.64. The Labute approximate surface area is 96.0 Å². The van der Waals surface area contributed by atoms with Crippen LogP contribution in [0.5, 0.6) is 0 Å². The van der Waals surface area contributed by atoms with Crippen LogP contribution in [0.4, 0.5) is 10.5 Å². The fourth-order valence-corrected chi connectivity index (χ4v) is 1.19. The third-order valence-corrected chi connectivity index (χ3v) is 2.02. The fourth-order valence-electron chi connectivity index (χ4n) is 1.19. The van der Waals surface area contributed by atoms with Gasteiger partial charge in [0.1, 0.15) is 6.61 Å². The van der Waals surface area contributed by atoms with E-state index in [1.54, 1.807) is 0 Å². The van der Waals surface area contributed by atoms with Crippen LogP contribution in [0.3, 0.4) is 0 Å². The quantitative estimate of drug-likeness (QED) is 0.822. The first-order valence-corrected chi connectivity index (χ1v) is 5.32. The van der Waals surface area contributed by atoms with E-state index >= 15 is 0 Å². The Balaban J connectivity index is 2.39. The second kappa shape index (κ2) is 6.00. The van der Waals surface area contributed by atoms with Crippen molar-refractivity contribution < 1.29 is 9.53 Å². The van der Waals surface area contributed by atoms with E-state index in [0.29, 0.717) is 6.61 Å². The molecule has 0 aliphatic heterocycles. The second-order valence-electron chi connectivity index (χ2n) is 3.82. The molecule has 4 nitrogen and oxygen atoms in total. The lowest BCUT2D eigenvalue weighted by atomic mass is 10.2. The average molecular weight is 222 g/mol. The van der Waals surface area contributed by atoms with Crippen molar-refractivity contribution in [1.29, 1.82) is 0 Å². The molecule has 0 radical (unpaired) electrons. The summed E-state index contributed by atoms with van der Waals surface area (Å²) in [7, 11) is 1.86. The molecule has 0 saturated heterocycles. The Morgan fingerprint density at radius 2 is 1.94 bits per heavy atom. The van der Waals surface area contributed by atoms with E-state index in [1.807, 2.05) is 45.2 Å². The summed E-state index contributed by atoms with van der Waals surface area (Å²) in [5.41, 5.74) is 2.01. The Bertz CT molecular complexity index is 333. The molecule has 88 valence electrons. The minimum atomic E-state index is -0.382. The van der Waals surface area contributed by atoms with Gasteiger partial charge in [0.25, 0.3) is 0 Å². The van der Waals surface area contributed by atoms with Crippen LogP contribution >= 0.6 is 0 Å². The maximum Gasteiger partial charge on any atom is 0.407 e. The van der Waals surface area contributed by atoms with Gasteiger partial charge in [0.15, 0.2) is 0 Å². The highest BCUT2D eigenvalue weighted by atomic mass is 16.5. The molecule has 4 heteroatoms. The maximum absolute atomic E-state index is 11.2. The summed E-state index contributed by atoms with van der Waals surface area (Å²) in [5.74, 6) is 0. The summed E-state index contributed by atoms with van der Waals surface area (Å²) in [6.07, 6.45) is -0.382. The number of rotatable bonds is 4. The third-order valence-electron chi connectivity index (χ3n) is 2.02. The van der Waals surface area contributed by atoms with E-state index < -0.39 is 0 Å². The first kappa shape index (κ1) is 12.4. The summed E-state index contributed by atoms with van der Waals surface area (Å²) in [6.45, 7) is 4.08. The van der Waals surface area contributed by atoms with Crippen LogP contribution < -0.4 is 10.6 Å². The zero-order chi connectivity index (χ0) is 12.0. The zero-order valence-corrected chi connectivity index (χ0v) is 9.91. The van der Waals surface area contributed by atoms with Crippen molar-refractivity contribution in [3.8, 4) is 0 Å². The molecule has 1 rings (SSSR count). The molecule has 0 bridgehead atoms. The van der Waals surface area contributed by atoms with Gasteiger partial charge in [-0.15, -0.1) is 0 Å². The van der Waals surface area contributed by atoms with Crippen molar-refractivity contribution in [1.82, 2.24) is 5.32 Å². The molecule has 0 fully saturated rings. The van der Waals surface area contributed by atoms with Gasteiger partial charge in [0.05, 0.1) is 0 Å². The largest absolute Gasteiger partial charge is 0.445 e. The standard InChI is InChI=1S/C12H18N2O2/c1-9(2)14-12(15)16-8-10-4-6-11(13-3)7-5-10/h4-7,9,13H,8H2,1-3H3,(H,14,15). The predicted molar refractivity (Wildman–Crippen MR) is 64.4 cm³/mol. The Hall–Kier alpha value is -1.71. The number of amides is 1. The smallest absolute Gasteiger partial charge is 0.407 e. The zero-order valence-electron chi connectivity index (χ0n) is 9.91. The number of hydrogen-bond donors (Lipinski definition) is 2. The van der Waals surface area contributed by atoms with Gasteiger partial charge in [-0.25, -0.2) is 4.79 Å². The van der Waals surface area contributed by atoms with Gasteiger partial charge >= 0.3 is 6.09 Å². The van der Waals surface area contributed by atoms with E-state index in [9.17, 15) is 4.79 Å². The first-order chi connectivity index (χ1) is 7.61. The van der Waals surface area contributed by atoms with Crippen LogP contribution in [0.25, 0.3) is 0 Å². The van der Waals surface area contributed by atoms with Crippen molar-refractivity contribution in [3.63, 3.8) is 0 Å². The molecule has 0 saturated carbocycles. The van der Waals surface area contributed by atoms with Crippen molar-refractivity contribution in [2.75, 3.05) is 12.4 Å². The van der Waals surface area contributed by atoms with Gasteiger partial charge in [0.2, 0.25) is 0 Å². The maximum atomic E-state index is 11.2. The summed E-state index contributed by atoms with van der Waals surface area (Å²) >= 11 is 0. The van der Waals surface area contributed by atoms with Crippen LogP contribution in [-0.4, -0.2) is 19.2 Å². The molecule has 0 heterocycles. The van der Waals surface area contributed by atoms with E-state index in [4.69, 9.17) is 4.74 Å². The van der Waals surface area contributed by atoms with Gasteiger partial charge in [-0.3, -0.25) is 0 Å². The average Bonchev–Trinajstić information content (AvgIpc) is 2.26. The van der Waals surface area contributed by atoms with Crippen LogP contribution in [0.15, 0.2) is 24.3 Å². The van der Waals surface area contributed by atoms with Crippen molar-refractivity contribution in [2.45, 2.75) is 26.5 Å². The lowest BCUT2D eigenvalue weighted by molar-refractivity contribution is 0.137. The molecular formula is C12H18N2O2. The highest BCUT2D eigenvalue weighted by Gasteiger charge is 2.03. The number of nitrogens with one attached hydrogen (secondary N) is 2. The molecule has 1 amide bonds. The monoisotopic (exact) mass is 222 g/mol. The second-order valence-corrected chi connectivity index (χ2v) is 3.82. The molecule has 0 aliphatic rings. The van der Waals surface area contributed by atoms with Gasteiger partial charge in [-0.05, 0) is 31.5 Å². The number of carbonyl (C=O) groups is 1. The van der Waals surface area contributed by atoms with Crippen LogP contribution in [0, 0.1) is 0 Å². The molecule has 0 aromatic heterocycles. The van der Waals surface area contributed by atoms with Crippen LogP contribution in [0.2, 0.25) is 0 Å². The predicted octanol–water partition coefficient (Wildman–Crippen LogP) is 2.36. The van der Waals surface area contributed by atoms with Gasteiger partial charge < -0.3 is 15.4 Å². The highest BCUT2D eigenvalue weighted by molar-refractivity contribution is 5.67. The summed E-state index contributed by atoms with van der Waals surface area (Å²) < 4.78 is 5.04. The van der Waals surface area contributed by atoms with Crippen LogP contribution in [-0.2, 0) is 11.3 Å². The molecule has 0 unspecified atom stereocenters. The number of ether oxygens (including phenoxy) is 1. The highest BCUT2D eigenvalue weighted by Crippen LogP contribution is 2.09. The molecule has 1 aromatic rings. The van der Waals surface area contributed by atoms with E-state index in [0.717, 1.165) is 11.3 Å². The van der Waals surface area contributed by atoms with Gasteiger partial charge in [-0.2, -0.15) is 0 Å². The van der Waals surface area contributed by atoms with Gasteiger partial charge in [0, 0.05) is 18.8 Å². The molecule has 0 spiro atoms. The molecule has 2 N–H and O–H groups in total. The lowest BCUT2D eigenvalue weighted by Crippen LogP contribution is -2.30. The van der Waals surface area contributed by atoms with Crippen molar-refractivity contribution in [2.24, 2.45) is 0 Å². The molecule has 1 aromatic carbocycles. The SMILES string of the molecule is CNc1ccc(COC(=O)NC(C)C)cc1. The normalized spacial score (nSPS) is 10.0. The van der Waals surface area contributed by atoms with Crippen molar-refractivity contribution in [3.05, 3.63) is 29.8 Å². The Morgan fingerprint density at radius 3 is 2.44 bits per heavy atom. The molecular weight excluding hydrogens is 204 g/mol. The molecule has 16 heavy (non-hydrogen) atoms. The number of anilines is 1. The number of alkyl carbamates (subject to hydrolysis) is 1. The minimum absolute atomic E-state index is 0.0965. The van der Waals surface area contributed by atoms with Crippen molar-refractivity contribution >= 4 is 11.8 Å². The third kappa shape index (κ3) is 4.21. The molecule has 0 atom stereocenters. The number of carbonyl (C=O) groups excluding carboxylic acids is 1. The van der Waals surface area contributed by atoms with Crippen LogP contribution in [0.1, 0.15) is 19.4 Å². The summed E-state index contributed by atoms with van der Waals surface area (Å²) in [6, 6.07) is 7.83. The van der Waals surface area contributed by atoms with E-state index in [1.165, 1.54) is 0 Å². The first-order valence-electron chi connectivity index (χ1n) is 5.32. The number of hydrogen-bond acceptors (Lipinski definition) is 3. The van der Waals surface area contributed by atoms with Gasteiger partial charge in [-0.1, -0.05) is 12.1 Å². The lowest BCUT2D eigenvalue weighted by Gasteiger charge is -2.09. The minimum Gasteiger partial charge on any atom is -0.445 e. The van der Waals surface area contributed by atoms with E-state index in [-0.39, 0.29) is 12.1 Å². The fraction of sp³-hybridized carbons (Fsp3) is 0.417. The van der Waals surface area contributed by atoms with E-state index in [2.05, 4.69) is 10.6 Å². The summed E-state index contributed by atoms with van der Waals surface area (Å²) in [4.78, 5) is 11.2.